The van der Waals surface area contributed by atoms with Crippen molar-refractivity contribution < 1.29 is 66.5 Å². The first-order valence-corrected chi connectivity index (χ1v) is 5.57. The van der Waals surface area contributed by atoms with Gasteiger partial charge >= 0.3 is 42.0 Å². The summed E-state index contributed by atoms with van der Waals surface area (Å²) in [4.78, 5) is 0. The average Bonchev–Trinajstić information content (AvgIpc) is 1.59. The van der Waals surface area contributed by atoms with Crippen molar-refractivity contribution in [1.29, 1.82) is 0 Å². The average molecular weight is 370 g/mol. The van der Waals surface area contributed by atoms with Crippen molar-refractivity contribution in [3.05, 3.63) is 0 Å². The normalized spacial score (nSPS) is 8.71. The van der Waals surface area contributed by atoms with E-state index >= 15 is 0 Å². The van der Waals surface area contributed by atoms with E-state index in [0.29, 0.717) is 0 Å². The zero-order chi connectivity index (χ0) is 11.0. The molecule has 0 aliphatic rings. The van der Waals surface area contributed by atoms with E-state index in [-0.39, 0.29) is 23.2 Å². The van der Waals surface area contributed by atoms with Gasteiger partial charge in [0.1, 0.15) is 0 Å². The van der Waals surface area contributed by atoms with Crippen LogP contribution in [0.15, 0.2) is 0 Å². The van der Waals surface area contributed by atoms with E-state index in [1.807, 2.05) is 0 Å². The maximum atomic E-state index is 8.63. The van der Waals surface area contributed by atoms with Crippen LogP contribution in [0.25, 0.3) is 0 Å². The summed E-state index contributed by atoms with van der Waals surface area (Å²) in [7, 11) is -6.44. The second-order valence-corrected chi connectivity index (χ2v) is 2.51. The molecular weight excluding hydrogens is 365 g/mol. The van der Waals surface area contributed by atoms with Gasteiger partial charge in [-0.25, -0.2) is 8.42 Å². The first kappa shape index (κ1) is 29.4. The zero-order valence-electron chi connectivity index (χ0n) is 6.13. The Labute approximate surface area is 104 Å². The van der Waals surface area contributed by atoms with Crippen LogP contribution in [-0.2, 0) is 52.3 Å². The second kappa shape index (κ2) is 14.0. The monoisotopic (exact) mass is 369 g/mol. The van der Waals surface area contributed by atoms with Gasteiger partial charge in [0.25, 0.3) is 0 Å². The molecule has 0 fully saturated rings. The quantitative estimate of drug-likeness (QED) is 0.295. The summed E-state index contributed by atoms with van der Waals surface area (Å²) in [6, 6.07) is 0. The molecule has 0 saturated heterocycles. The third-order valence-corrected chi connectivity index (χ3v) is 0. The van der Waals surface area contributed by atoms with Crippen molar-refractivity contribution in [3.63, 3.8) is 0 Å². The van der Waals surface area contributed by atoms with Crippen LogP contribution in [0.5, 0.6) is 0 Å². The maximum absolute atomic E-state index is 8.63. The number of rotatable bonds is 0. The van der Waals surface area contributed by atoms with E-state index in [4.69, 9.17) is 35.0 Å². The van der Waals surface area contributed by atoms with Gasteiger partial charge in [0.2, 0.25) is 10.4 Å². The van der Waals surface area contributed by atoms with E-state index in [1.165, 1.54) is 0 Å². The molecule has 0 bridgehead atoms. The second-order valence-electron chi connectivity index (χ2n) is 0.836. The van der Waals surface area contributed by atoms with Gasteiger partial charge in [-0.1, -0.05) is 0 Å². The Kier molecular flexibility index (Phi) is 29.3. The van der Waals surface area contributed by atoms with Crippen molar-refractivity contribution in [2.75, 3.05) is 0 Å². The van der Waals surface area contributed by atoms with Crippen LogP contribution >= 0.6 is 10.6 Å². The van der Waals surface area contributed by atoms with Crippen LogP contribution in [0.2, 0.25) is 0 Å². The van der Waals surface area contributed by atoms with Gasteiger partial charge in [-0.15, -0.1) is 0 Å². The fraction of sp³-hybridized carbons (Fsp3) is 0. The van der Waals surface area contributed by atoms with Gasteiger partial charge in [0, 0.05) is 10.4 Å². The Morgan fingerprint density at radius 1 is 1.00 bits per heavy atom. The first-order chi connectivity index (χ1) is 5.00. The number of hydrogen-bond acceptors (Lipinski definition) is 8. The molecule has 0 saturated carbocycles. The van der Waals surface area contributed by atoms with E-state index in [1.54, 1.807) is 0 Å². The van der Waals surface area contributed by atoms with E-state index in [0.717, 1.165) is 0 Å². The molecule has 0 heterocycles. The molecule has 0 aromatic carbocycles. The van der Waals surface area contributed by atoms with Gasteiger partial charge in [0.15, 0.2) is 0 Å². The van der Waals surface area contributed by atoms with Crippen molar-refractivity contribution in [3.8, 4) is 0 Å². The van der Waals surface area contributed by atoms with E-state index in [9.17, 15) is 0 Å². The molecule has 14 heavy (non-hydrogen) atoms. The predicted octanol–water partition coefficient (Wildman–Crippen LogP) is -1.31. The van der Waals surface area contributed by atoms with Crippen molar-refractivity contribution in [2.45, 2.75) is 0 Å². The molecule has 9 nitrogen and oxygen atoms in total. The van der Waals surface area contributed by atoms with Crippen LogP contribution in [0.3, 0.4) is 0 Å². The summed E-state index contributed by atoms with van der Waals surface area (Å²) in [5, 5.41) is 0. The molecule has 14 heteroatoms. The topological polar surface area (TPSA) is 194 Å². The number of hydrogen-bond donors (Lipinski definition) is 2. The fourth-order valence-corrected chi connectivity index (χ4v) is 0. The van der Waals surface area contributed by atoms with E-state index < -0.39 is 20.8 Å². The molecule has 0 aliphatic carbocycles. The number of quaternary nitrogens is 1. The summed E-state index contributed by atoms with van der Waals surface area (Å²) in [6.45, 7) is 0. The van der Waals surface area contributed by atoms with Crippen LogP contribution in [0, 0.1) is 0 Å². The zero-order valence-corrected chi connectivity index (χ0v) is 10.5. The van der Waals surface area contributed by atoms with Gasteiger partial charge in [0.05, 0.1) is 0 Å². The predicted molar refractivity (Wildman–Crippen MR) is 36.4 cm³/mol. The third kappa shape index (κ3) is 2020. The molecular formula is H5Cu2NO8S3. The van der Waals surface area contributed by atoms with Crippen molar-refractivity contribution in [1.82, 2.24) is 6.15 Å². The van der Waals surface area contributed by atoms with Gasteiger partial charge in [-0.05, 0) is 0 Å². The molecule has 5 N–H and O–H groups in total. The van der Waals surface area contributed by atoms with Crippen LogP contribution < -0.4 is 6.15 Å². The third-order valence-electron chi connectivity index (χ3n) is 0. The van der Waals surface area contributed by atoms with Crippen LogP contribution in [-0.4, -0.2) is 35.0 Å². The summed E-state index contributed by atoms with van der Waals surface area (Å²) in [5.74, 6) is 0. The van der Waals surface area contributed by atoms with Crippen molar-refractivity contribution in [2.24, 2.45) is 0 Å². The van der Waals surface area contributed by atoms with Crippen LogP contribution in [0.1, 0.15) is 0 Å². The standard InChI is InChI=1S/2Cu.H3N.2H2O4S.S/c;;;2*1-5(2,3)4;/h;;1H3;2*(H2,1,2,3,4);/q;+2;;;;/p-2. The molecule has 0 rings (SSSR count). The molecule has 98 valence electrons. The SMILES string of the molecule is O=S(=O)([O-])O.O=S(=O)([O-])[O-].[Cu+2].[NH4+].[S]=[Cu]. The Morgan fingerprint density at radius 2 is 1.00 bits per heavy atom. The summed E-state index contributed by atoms with van der Waals surface area (Å²) in [5.41, 5.74) is 0. The van der Waals surface area contributed by atoms with Gasteiger partial charge < -0.3 is 19.8 Å². The molecule has 0 amide bonds. The Morgan fingerprint density at radius 3 is 1.00 bits per heavy atom. The van der Waals surface area contributed by atoms with Crippen molar-refractivity contribution >= 4 is 31.4 Å². The molecule has 0 unspecified atom stereocenters. The summed E-state index contributed by atoms with van der Waals surface area (Å²) in [6.07, 6.45) is 0. The van der Waals surface area contributed by atoms with Gasteiger partial charge in [-0.3, -0.25) is 13.0 Å². The summed E-state index contributed by atoms with van der Waals surface area (Å²) >= 11 is 3.77. The Bertz CT molecular complexity index is 232. The fourth-order valence-electron chi connectivity index (χ4n) is 0. The molecule has 0 aliphatic heterocycles. The first-order valence-electron chi connectivity index (χ1n) is 1.47. The summed E-state index contributed by atoms with van der Waals surface area (Å²) < 4.78 is 66.9. The van der Waals surface area contributed by atoms with E-state index in [2.05, 4.69) is 24.9 Å². The molecule has 0 spiro atoms. The van der Waals surface area contributed by atoms with Gasteiger partial charge in [-0.2, -0.15) is 0 Å². The minimum atomic E-state index is -5.17. The molecule has 0 atom stereocenters. The molecule has 0 aromatic rings. The van der Waals surface area contributed by atoms with Crippen LogP contribution in [0.4, 0.5) is 0 Å². The Balaban J connectivity index is -0.0000000292. The minimum absolute atomic E-state index is 0. The Hall–Kier alpha value is 0.959. The molecule has 0 aromatic heterocycles. The molecule has 1 radical (unpaired) electrons.